The van der Waals surface area contributed by atoms with Crippen LogP contribution in [0, 0.1) is 0 Å². The molecule has 0 unspecified atom stereocenters. The summed E-state index contributed by atoms with van der Waals surface area (Å²) in [6.07, 6.45) is 4.86. The normalized spacial score (nSPS) is 20.2. The zero-order valence-electron chi connectivity index (χ0n) is 17.3. The molecule has 2 amide bonds. The van der Waals surface area contributed by atoms with Gasteiger partial charge < -0.3 is 25.4 Å². The smallest absolute Gasteiger partial charge is 0.326 e. The first-order valence-corrected chi connectivity index (χ1v) is 10.6. The molecule has 2 heterocycles. The maximum atomic E-state index is 12.3. The van der Waals surface area contributed by atoms with E-state index in [4.69, 9.17) is 6.48 Å². The van der Waals surface area contributed by atoms with E-state index in [1.54, 1.807) is 10.8 Å². The van der Waals surface area contributed by atoms with Crippen LogP contribution in [0.3, 0.4) is 0 Å². The number of carboxylic acid groups (broad SMARTS) is 2. The first-order valence-electron chi connectivity index (χ1n) is 10.1. The Morgan fingerprint density at radius 1 is 1.41 bits per heavy atom. The van der Waals surface area contributed by atoms with Crippen LogP contribution in [0.5, 0.6) is 0 Å². The Morgan fingerprint density at radius 2 is 2.17 bits per heavy atom. The third-order valence-corrected chi connectivity index (χ3v) is 5.61. The number of carbonyl (C=O) groups excluding carboxylic acids is 2. The Labute approximate surface area is 176 Å². The van der Waals surface area contributed by atoms with Gasteiger partial charge in [0.15, 0.2) is 0 Å². The molecule has 2 atom stereocenters. The highest BCUT2D eigenvalue weighted by atomic mass is 32.2. The van der Waals surface area contributed by atoms with Gasteiger partial charge in [-0.3, -0.25) is 14.4 Å². The molecule has 29 heavy (non-hydrogen) atoms. The van der Waals surface area contributed by atoms with Gasteiger partial charge >= 0.3 is 11.9 Å². The second-order valence-corrected chi connectivity index (χ2v) is 7.93. The highest BCUT2D eigenvalue weighted by molar-refractivity contribution is 7.99. The number of hydrogen-bond donors (Lipinski definition) is 4. The van der Waals surface area contributed by atoms with Crippen molar-refractivity contribution in [3.63, 3.8) is 0 Å². The van der Waals surface area contributed by atoms with Crippen LogP contribution in [0.2, 0.25) is 0 Å². The summed E-state index contributed by atoms with van der Waals surface area (Å²) >= 11 is 1.17. The number of nitrogens with one attached hydrogen (secondary N) is 2. The fourth-order valence-corrected chi connectivity index (χ4v) is 4.05. The van der Waals surface area contributed by atoms with E-state index in [2.05, 4.69) is 17.6 Å². The summed E-state index contributed by atoms with van der Waals surface area (Å²) in [5.41, 5.74) is 0.617. The predicted octanol–water partition coefficient (Wildman–Crippen LogP) is 1.66. The molecule has 0 spiro atoms. The summed E-state index contributed by atoms with van der Waals surface area (Å²) in [6.45, 7) is 1.49. The molecule has 0 fully saturated rings. The number of amides is 2. The van der Waals surface area contributed by atoms with Crippen LogP contribution in [-0.2, 0) is 25.6 Å². The lowest BCUT2D eigenvalue weighted by atomic mass is 10.1. The molecule has 2 bridgehead atoms. The van der Waals surface area contributed by atoms with E-state index in [0.717, 1.165) is 19.3 Å². The quantitative estimate of drug-likeness (QED) is 0.462. The van der Waals surface area contributed by atoms with Gasteiger partial charge in [-0.15, -0.1) is 11.8 Å². The van der Waals surface area contributed by atoms with Crippen molar-refractivity contribution < 1.29 is 32.2 Å². The number of thioether (sulfide) groups is 1. The van der Waals surface area contributed by atoms with Gasteiger partial charge in [0.05, 0.1) is 1.37 Å². The van der Waals surface area contributed by atoms with E-state index < -0.39 is 42.4 Å². The average molecular weight is 429 g/mol. The van der Waals surface area contributed by atoms with Crippen LogP contribution in [-0.4, -0.2) is 56.9 Å². The second kappa shape index (κ2) is 10.9. The third-order valence-electron chi connectivity index (χ3n) is 4.59. The molecule has 1 aliphatic heterocycles. The molecule has 10 heteroatoms. The molecule has 9 nitrogen and oxygen atoms in total. The minimum Gasteiger partial charge on any atom is -0.480 e. The number of nitrogens with zero attached hydrogens (tertiary/aromatic N) is 1. The number of unbranched alkanes of at least 4 members (excludes halogenated alkanes) is 2. The minimum atomic E-state index is -1.20. The van der Waals surface area contributed by atoms with Gasteiger partial charge in [0, 0.05) is 30.4 Å². The van der Waals surface area contributed by atoms with Crippen molar-refractivity contribution in [3.05, 3.63) is 17.9 Å². The molecule has 0 radical (unpaired) electrons. The Kier molecular flexibility index (Phi) is 7.97. The van der Waals surface area contributed by atoms with Gasteiger partial charge in [-0.05, 0) is 25.3 Å². The van der Waals surface area contributed by atoms with Gasteiger partial charge in [-0.2, -0.15) is 0 Å². The van der Waals surface area contributed by atoms with E-state index >= 15 is 0 Å². The van der Waals surface area contributed by atoms with Crippen molar-refractivity contribution >= 4 is 35.5 Å². The van der Waals surface area contributed by atoms with Gasteiger partial charge in [0.1, 0.15) is 18.6 Å². The van der Waals surface area contributed by atoms with Crippen LogP contribution in [0.25, 0.3) is 0 Å². The first-order chi connectivity index (χ1) is 14.2. The SMILES string of the molecule is [2H]c1c2cn(c1CCCCC)[C@H](C(=O)O)CCC(=O)N[C@H](C(=O)NCC(=O)O)CS2.[HH]. The van der Waals surface area contributed by atoms with Gasteiger partial charge in [-0.25, -0.2) is 4.79 Å². The van der Waals surface area contributed by atoms with Crippen LogP contribution in [0.4, 0.5) is 0 Å². The van der Waals surface area contributed by atoms with Crippen molar-refractivity contribution in [1.82, 2.24) is 15.2 Å². The summed E-state index contributed by atoms with van der Waals surface area (Å²) in [5, 5.41) is 23.3. The van der Waals surface area contributed by atoms with Gasteiger partial charge in [0.2, 0.25) is 11.8 Å². The van der Waals surface area contributed by atoms with Gasteiger partial charge in [0.25, 0.3) is 0 Å². The van der Waals surface area contributed by atoms with Crippen molar-refractivity contribution in [2.24, 2.45) is 0 Å². The standard InChI is InChI=1S/C19H27N3O6S.H2/c1-2-3-4-5-12-8-13-10-22(12)15(19(27)28)6-7-16(23)21-14(11-29-13)18(26)20-9-17(24)25;/h8,10,14-15H,2-7,9,11H2,1H3,(H,20,26)(H,21,23)(H,24,25)(H,27,28);1H/t14-,15-;/m0./s1/i8D;. The highest BCUT2D eigenvalue weighted by Crippen LogP contribution is 2.28. The predicted molar refractivity (Wildman–Crippen MR) is 109 cm³/mol. The number of aromatic nitrogens is 1. The van der Waals surface area contributed by atoms with Gasteiger partial charge in [-0.1, -0.05) is 19.8 Å². The molecule has 0 aromatic carbocycles. The monoisotopic (exact) mass is 428 g/mol. The molecule has 0 saturated heterocycles. The number of hydrogen-bond acceptors (Lipinski definition) is 5. The van der Waals surface area contributed by atoms with E-state index in [0.29, 0.717) is 17.0 Å². The number of rotatable bonds is 8. The zero-order chi connectivity index (χ0) is 22.3. The molecule has 4 N–H and O–H groups in total. The maximum Gasteiger partial charge on any atom is 0.326 e. The molecule has 0 aliphatic carbocycles. The average Bonchev–Trinajstić information content (AvgIpc) is 2.97. The van der Waals surface area contributed by atoms with Crippen molar-refractivity contribution in [2.75, 3.05) is 12.3 Å². The van der Waals surface area contributed by atoms with Crippen LogP contribution < -0.4 is 10.6 Å². The topological polar surface area (TPSA) is 138 Å². The number of carboxylic acids is 2. The fraction of sp³-hybridized carbons (Fsp3) is 0.579. The largest absolute Gasteiger partial charge is 0.480 e. The lowest BCUT2D eigenvalue weighted by Gasteiger charge is -2.19. The van der Waals surface area contributed by atoms with Crippen molar-refractivity contribution in [1.29, 1.82) is 0 Å². The summed E-state index contributed by atoms with van der Waals surface area (Å²) in [5.74, 6) is -3.31. The minimum absolute atomic E-state index is 0. The Hall–Kier alpha value is -2.49. The first kappa shape index (κ1) is 21.2. The maximum absolute atomic E-state index is 12.3. The summed E-state index contributed by atoms with van der Waals surface area (Å²) in [7, 11) is 0. The van der Waals surface area contributed by atoms with Crippen LogP contribution >= 0.6 is 11.8 Å². The van der Waals surface area contributed by atoms with E-state index in [1.807, 2.05) is 0 Å². The number of aliphatic carboxylic acids is 2. The lowest BCUT2D eigenvalue weighted by Crippen LogP contribution is -2.49. The summed E-state index contributed by atoms with van der Waals surface area (Å²) in [6, 6.07) is -1.74. The molecule has 162 valence electrons. The zero-order valence-corrected chi connectivity index (χ0v) is 17.1. The third kappa shape index (κ3) is 6.81. The number of fused-ring (bicyclic) bond motifs is 2. The van der Waals surface area contributed by atoms with E-state index in [1.165, 1.54) is 11.8 Å². The Balaban J connectivity index is 0.00000480. The fourth-order valence-electron chi connectivity index (χ4n) is 3.09. The second-order valence-electron chi connectivity index (χ2n) is 6.86. The van der Waals surface area contributed by atoms with E-state index in [9.17, 15) is 24.3 Å². The van der Waals surface area contributed by atoms with Crippen molar-refractivity contribution in [2.45, 2.75) is 62.4 Å². The molecular weight excluding hydrogens is 398 g/mol. The van der Waals surface area contributed by atoms with Crippen molar-refractivity contribution in [3.8, 4) is 0 Å². The molecule has 2 rings (SSSR count). The summed E-state index contributed by atoms with van der Waals surface area (Å²) in [4.78, 5) is 47.7. The molecule has 1 aliphatic rings. The Morgan fingerprint density at radius 3 is 2.83 bits per heavy atom. The Bertz CT molecular complexity index is 817. The molecule has 1 aromatic rings. The van der Waals surface area contributed by atoms with Crippen LogP contribution in [0.15, 0.2) is 17.1 Å². The lowest BCUT2D eigenvalue weighted by molar-refractivity contribution is -0.141. The molecular formula is C19H29N3O6S. The number of carbonyl (C=O) groups is 4. The molecule has 0 saturated carbocycles. The molecule has 1 aromatic heterocycles. The highest BCUT2D eigenvalue weighted by Gasteiger charge is 2.27. The summed E-state index contributed by atoms with van der Waals surface area (Å²) < 4.78 is 10.1. The van der Waals surface area contributed by atoms with Crippen LogP contribution in [0.1, 0.15) is 53.6 Å². The van der Waals surface area contributed by atoms with E-state index in [-0.39, 0.29) is 26.1 Å².